The molecule has 1 aliphatic rings. The van der Waals surface area contributed by atoms with Crippen LogP contribution < -0.4 is 0 Å². The van der Waals surface area contributed by atoms with Crippen molar-refractivity contribution < 1.29 is 9.90 Å². The molecule has 0 spiro atoms. The minimum Gasteiger partial charge on any atom is -0.508 e. The highest BCUT2D eigenvalue weighted by Crippen LogP contribution is 2.25. The number of amides is 1. The lowest BCUT2D eigenvalue weighted by atomic mass is 10.2. The topological polar surface area (TPSA) is 40.5 Å². The van der Waals surface area contributed by atoms with Crippen LogP contribution in [0.2, 0.25) is 5.02 Å². The molecule has 1 heterocycles. The Bertz CT molecular complexity index is 422. The Kier molecular flexibility index (Phi) is 3.26. The van der Waals surface area contributed by atoms with Crippen molar-refractivity contribution in [3.05, 3.63) is 28.8 Å². The highest BCUT2D eigenvalue weighted by molar-refractivity contribution is 6.34. The van der Waals surface area contributed by atoms with Gasteiger partial charge in [-0.3, -0.25) is 4.79 Å². The van der Waals surface area contributed by atoms with E-state index in [1.807, 2.05) is 0 Å². The molecule has 5 heteroatoms. The van der Waals surface area contributed by atoms with Gasteiger partial charge in [0, 0.05) is 13.1 Å². The smallest absolute Gasteiger partial charge is 0.255 e. The summed E-state index contributed by atoms with van der Waals surface area (Å²) in [7, 11) is 0. The zero-order chi connectivity index (χ0) is 11.7. The Labute approximate surface area is 104 Å². The highest BCUT2D eigenvalue weighted by atomic mass is 35.5. The largest absolute Gasteiger partial charge is 0.508 e. The predicted molar refractivity (Wildman–Crippen MR) is 63.3 cm³/mol. The van der Waals surface area contributed by atoms with Crippen LogP contribution in [-0.2, 0) is 0 Å². The summed E-state index contributed by atoms with van der Waals surface area (Å²) in [6.07, 6.45) is 0.795. The number of hydrogen-bond acceptors (Lipinski definition) is 2. The molecule has 86 valence electrons. The number of halogens is 2. The van der Waals surface area contributed by atoms with Crippen LogP contribution in [0.4, 0.5) is 0 Å². The lowest BCUT2D eigenvalue weighted by Gasteiger charge is -2.16. The Morgan fingerprint density at radius 2 is 2.25 bits per heavy atom. The third kappa shape index (κ3) is 2.25. The van der Waals surface area contributed by atoms with Gasteiger partial charge in [0.2, 0.25) is 0 Å². The minimum atomic E-state index is -0.177. The molecule has 1 amide bonds. The summed E-state index contributed by atoms with van der Waals surface area (Å²) >= 11 is 11.8. The van der Waals surface area contributed by atoms with Gasteiger partial charge in [0.05, 0.1) is 16.0 Å². The van der Waals surface area contributed by atoms with Crippen LogP contribution in [0.1, 0.15) is 16.8 Å². The number of likely N-dealkylation sites (tertiary alicyclic amines) is 1. The predicted octanol–water partition coefficient (Wildman–Crippen LogP) is 2.50. The molecule has 0 saturated carbocycles. The Hall–Kier alpha value is -0.930. The summed E-state index contributed by atoms with van der Waals surface area (Å²) in [6.45, 7) is 1.17. The van der Waals surface area contributed by atoms with Crippen LogP contribution in [0.25, 0.3) is 0 Å². The number of benzene rings is 1. The third-order valence-corrected chi connectivity index (χ3v) is 3.28. The number of phenols is 1. The van der Waals surface area contributed by atoms with Crippen LogP contribution in [0.15, 0.2) is 18.2 Å². The Morgan fingerprint density at radius 3 is 2.88 bits per heavy atom. The molecule has 1 fully saturated rings. The highest BCUT2D eigenvalue weighted by Gasteiger charge is 2.26. The first kappa shape index (κ1) is 11.6. The van der Waals surface area contributed by atoms with Crippen LogP contribution >= 0.6 is 23.2 Å². The van der Waals surface area contributed by atoms with Crippen molar-refractivity contribution in [1.29, 1.82) is 0 Å². The number of hydrogen-bond donors (Lipinski definition) is 1. The van der Waals surface area contributed by atoms with Crippen LogP contribution in [0.5, 0.6) is 5.75 Å². The molecule has 3 nitrogen and oxygen atoms in total. The van der Waals surface area contributed by atoms with Gasteiger partial charge in [-0.25, -0.2) is 0 Å². The number of alkyl halides is 1. The summed E-state index contributed by atoms with van der Waals surface area (Å²) in [6, 6.07) is 4.35. The van der Waals surface area contributed by atoms with Gasteiger partial charge in [0.25, 0.3) is 5.91 Å². The maximum absolute atomic E-state index is 12.0. The van der Waals surface area contributed by atoms with Gasteiger partial charge in [-0.15, -0.1) is 11.6 Å². The van der Waals surface area contributed by atoms with Gasteiger partial charge < -0.3 is 10.0 Å². The van der Waals surface area contributed by atoms with E-state index in [1.165, 1.54) is 18.2 Å². The van der Waals surface area contributed by atoms with E-state index >= 15 is 0 Å². The van der Waals surface area contributed by atoms with E-state index in [0.29, 0.717) is 23.7 Å². The average molecular weight is 260 g/mol. The fourth-order valence-electron chi connectivity index (χ4n) is 1.75. The van der Waals surface area contributed by atoms with Gasteiger partial charge in [-0.2, -0.15) is 0 Å². The van der Waals surface area contributed by atoms with Gasteiger partial charge in [-0.05, 0) is 24.6 Å². The second-order valence-electron chi connectivity index (χ2n) is 3.80. The quantitative estimate of drug-likeness (QED) is 0.788. The molecular formula is C11H11Cl2NO2. The van der Waals surface area contributed by atoms with Crippen molar-refractivity contribution in [2.24, 2.45) is 0 Å². The lowest BCUT2D eigenvalue weighted by Crippen LogP contribution is -2.29. The molecule has 0 radical (unpaired) electrons. The standard InChI is InChI=1S/C11H11Cl2NO2/c12-7-3-4-14(6-7)11(16)9-5-8(15)1-2-10(9)13/h1-2,5,7,15H,3-4,6H2. The van der Waals surface area contributed by atoms with E-state index in [2.05, 4.69) is 0 Å². The second kappa shape index (κ2) is 4.52. The summed E-state index contributed by atoms with van der Waals surface area (Å²) in [5.41, 5.74) is 0.326. The first-order valence-corrected chi connectivity index (χ1v) is 5.81. The summed E-state index contributed by atoms with van der Waals surface area (Å²) in [4.78, 5) is 13.7. The number of carbonyl (C=O) groups is 1. The fraction of sp³-hybridized carbons (Fsp3) is 0.364. The van der Waals surface area contributed by atoms with Crippen molar-refractivity contribution in [3.63, 3.8) is 0 Å². The first-order valence-electron chi connectivity index (χ1n) is 5.00. The maximum Gasteiger partial charge on any atom is 0.255 e. The Balaban J connectivity index is 2.23. The number of aromatic hydroxyl groups is 1. The van der Waals surface area contributed by atoms with Crippen molar-refractivity contribution in [2.45, 2.75) is 11.8 Å². The molecule has 0 bridgehead atoms. The molecule has 1 aromatic carbocycles. The van der Waals surface area contributed by atoms with E-state index < -0.39 is 0 Å². The molecule has 1 aliphatic heterocycles. The van der Waals surface area contributed by atoms with E-state index in [9.17, 15) is 9.90 Å². The van der Waals surface area contributed by atoms with Gasteiger partial charge >= 0.3 is 0 Å². The van der Waals surface area contributed by atoms with Gasteiger partial charge in [0.1, 0.15) is 5.75 Å². The van der Waals surface area contributed by atoms with Gasteiger partial charge in [-0.1, -0.05) is 11.6 Å². The summed E-state index contributed by atoms with van der Waals surface area (Å²) in [5, 5.41) is 9.69. The molecule has 1 aromatic rings. The first-order chi connectivity index (χ1) is 7.58. The zero-order valence-electron chi connectivity index (χ0n) is 8.49. The number of carbonyl (C=O) groups excluding carboxylic acids is 1. The van der Waals surface area contributed by atoms with Crippen LogP contribution in [0, 0.1) is 0 Å². The van der Waals surface area contributed by atoms with E-state index in [-0.39, 0.29) is 17.0 Å². The van der Waals surface area contributed by atoms with Crippen molar-refractivity contribution in [1.82, 2.24) is 4.90 Å². The summed E-state index contributed by atoms with van der Waals surface area (Å²) < 4.78 is 0. The molecule has 1 saturated heterocycles. The van der Waals surface area contributed by atoms with Crippen LogP contribution in [0.3, 0.4) is 0 Å². The minimum absolute atomic E-state index is 0.0139. The van der Waals surface area contributed by atoms with Crippen molar-refractivity contribution in [3.8, 4) is 5.75 Å². The van der Waals surface area contributed by atoms with Crippen molar-refractivity contribution >= 4 is 29.1 Å². The third-order valence-electron chi connectivity index (χ3n) is 2.60. The van der Waals surface area contributed by atoms with E-state index in [0.717, 1.165) is 6.42 Å². The molecule has 2 rings (SSSR count). The molecular weight excluding hydrogens is 249 g/mol. The fourth-order valence-corrected chi connectivity index (χ4v) is 2.21. The molecule has 16 heavy (non-hydrogen) atoms. The monoisotopic (exact) mass is 259 g/mol. The van der Waals surface area contributed by atoms with Crippen LogP contribution in [-0.4, -0.2) is 34.4 Å². The SMILES string of the molecule is O=C(c1cc(O)ccc1Cl)N1CCC(Cl)C1. The van der Waals surface area contributed by atoms with Gasteiger partial charge in [0.15, 0.2) is 0 Å². The lowest BCUT2D eigenvalue weighted by molar-refractivity contribution is 0.0793. The summed E-state index contributed by atoms with van der Waals surface area (Å²) in [5.74, 6) is -0.140. The maximum atomic E-state index is 12.0. The van der Waals surface area contributed by atoms with E-state index in [1.54, 1.807) is 4.90 Å². The molecule has 0 aromatic heterocycles. The Morgan fingerprint density at radius 1 is 1.50 bits per heavy atom. The number of nitrogens with zero attached hydrogens (tertiary/aromatic N) is 1. The average Bonchev–Trinajstić information content (AvgIpc) is 2.67. The second-order valence-corrected chi connectivity index (χ2v) is 4.83. The molecule has 0 aliphatic carbocycles. The number of rotatable bonds is 1. The van der Waals surface area contributed by atoms with Crippen molar-refractivity contribution in [2.75, 3.05) is 13.1 Å². The molecule has 1 N–H and O–H groups in total. The molecule has 1 atom stereocenters. The molecule has 1 unspecified atom stereocenters. The normalized spacial score (nSPS) is 20.1. The number of phenolic OH excluding ortho intramolecular Hbond substituents is 1. The zero-order valence-corrected chi connectivity index (χ0v) is 10.0. The van der Waals surface area contributed by atoms with E-state index in [4.69, 9.17) is 23.2 Å².